The number of anilines is 1. The zero-order chi connectivity index (χ0) is 24.9. The van der Waals surface area contributed by atoms with Crippen molar-refractivity contribution in [2.45, 2.75) is 27.2 Å². The number of ether oxygens (including phenoxy) is 1. The van der Waals surface area contributed by atoms with Gasteiger partial charge in [-0.2, -0.15) is 0 Å². The molecule has 0 spiro atoms. The summed E-state index contributed by atoms with van der Waals surface area (Å²) in [6.45, 7) is 6.19. The third-order valence-corrected chi connectivity index (χ3v) is 6.73. The van der Waals surface area contributed by atoms with Crippen LogP contribution in [0.4, 0.5) is 17.1 Å². The molecule has 0 fully saturated rings. The highest BCUT2D eigenvalue weighted by molar-refractivity contribution is 8.14. The second-order valence-corrected chi connectivity index (χ2v) is 9.49. The average Bonchev–Trinajstić information content (AvgIpc) is 3.02. The Balaban J connectivity index is 1.52. The maximum Gasteiger partial charge on any atom is 0.337 e. The summed E-state index contributed by atoms with van der Waals surface area (Å²) in [5.41, 5.74) is 8.19. The molecule has 1 N–H and O–H groups in total. The van der Waals surface area contributed by atoms with E-state index in [1.54, 1.807) is 24.3 Å². The monoisotopic (exact) mass is 485 g/mol. The normalized spacial score (nSPS) is 12.7. The SMILES string of the molecule is COC(=O)c1ccc(NC(=O)CSC2=Nc3cc(C)c(C)cc3N=C(c3ccc(C)cc3)C2)cc1. The molecule has 0 saturated heterocycles. The van der Waals surface area contributed by atoms with Gasteiger partial charge in [0.05, 0.1) is 40.6 Å². The van der Waals surface area contributed by atoms with Crippen molar-refractivity contribution >= 4 is 51.5 Å². The molecule has 1 amide bonds. The van der Waals surface area contributed by atoms with E-state index in [0.29, 0.717) is 17.7 Å². The number of esters is 1. The molecule has 0 atom stereocenters. The molecule has 1 aliphatic rings. The lowest BCUT2D eigenvalue weighted by Crippen LogP contribution is -2.16. The van der Waals surface area contributed by atoms with Crippen LogP contribution in [0.15, 0.2) is 70.6 Å². The molecular formula is C28H27N3O3S. The predicted octanol–water partition coefficient (Wildman–Crippen LogP) is 6.32. The zero-order valence-electron chi connectivity index (χ0n) is 20.2. The molecule has 6 nitrogen and oxygen atoms in total. The number of methoxy groups -OCH3 is 1. The third-order valence-electron chi connectivity index (χ3n) is 5.75. The van der Waals surface area contributed by atoms with Gasteiger partial charge >= 0.3 is 5.97 Å². The molecule has 1 aliphatic heterocycles. The van der Waals surface area contributed by atoms with Gasteiger partial charge in [0.2, 0.25) is 5.91 Å². The molecule has 0 aromatic heterocycles. The van der Waals surface area contributed by atoms with Crippen LogP contribution >= 0.6 is 11.8 Å². The van der Waals surface area contributed by atoms with E-state index in [1.165, 1.54) is 30.0 Å². The topological polar surface area (TPSA) is 80.1 Å². The molecule has 0 aliphatic carbocycles. The Kier molecular flexibility index (Phi) is 7.46. The van der Waals surface area contributed by atoms with Gasteiger partial charge in [0.25, 0.3) is 0 Å². The van der Waals surface area contributed by atoms with E-state index < -0.39 is 5.97 Å². The Bertz CT molecular complexity index is 1330. The van der Waals surface area contributed by atoms with E-state index in [9.17, 15) is 9.59 Å². The predicted molar refractivity (Wildman–Crippen MR) is 144 cm³/mol. The Hall–Kier alpha value is -3.71. The van der Waals surface area contributed by atoms with Crippen LogP contribution in [-0.4, -0.2) is 35.5 Å². The van der Waals surface area contributed by atoms with Gasteiger partial charge in [-0.3, -0.25) is 9.79 Å². The van der Waals surface area contributed by atoms with E-state index in [2.05, 4.69) is 62.5 Å². The molecule has 7 heteroatoms. The quantitative estimate of drug-likeness (QED) is 0.429. The van der Waals surface area contributed by atoms with Crippen LogP contribution in [0, 0.1) is 20.8 Å². The van der Waals surface area contributed by atoms with E-state index in [0.717, 1.165) is 33.3 Å². The maximum atomic E-state index is 12.6. The Morgan fingerprint density at radius 3 is 2.17 bits per heavy atom. The van der Waals surface area contributed by atoms with Gasteiger partial charge in [-0.15, -0.1) is 11.8 Å². The van der Waals surface area contributed by atoms with Crippen LogP contribution in [0.1, 0.15) is 39.0 Å². The Morgan fingerprint density at radius 1 is 0.914 bits per heavy atom. The van der Waals surface area contributed by atoms with Crippen LogP contribution in [-0.2, 0) is 9.53 Å². The Morgan fingerprint density at radius 2 is 1.54 bits per heavy atom. The lowest BCUT2D eigenvalue weighted by Gasteiger charge is -2.09. The number of thioether (sulfide) groups is 1. The second-order valence-electron chi connectivity index (χ2n) is 8.44. The van der Waals surface area contributed by atoms with Crippen LogP contribution in [0.25, 0.3) is 0 Å². The number of nitrogens with one attached hydrogen (secondary N) is 1. The molecule has 178 valence electrons. The molecule has 1 heterocycles. The molecule has 0 radical (unpaired) electrons. The molecule has 3 aromatic rings. The van der Waals surface area contributed by atoms with E-state index in [-0.39, 0.29) is 11.7 Å². The molecule has 4 rings (SSSR count). The van der Waals surface area contributed by atoms with Gasteiger partial charge in [-0.05, 0) is 73.9 Å². The average molecular weight is 486 g/mol. The highest BCUT2D eigenvalue weighted by atomic mass is 32.2. The maximum absolute atomic E-state index is 12.6. The number of amides is 1. The molecule has 0 bridgehead atoms. The van der Waals surface area contributed by atoms with Crippen molar-refractivity contribution < 1.29 is 14.3 Å². The van der Waals surface area contributed by atoms with Crippen molar-refractivity contribution in [3.8, 4) is 0 Å². The number of benzene rings is 3. The van der Waals surface area contributed by atoms with Crippen LogP contribution in [0.5, 0.6) is 0 Å². The van der Waals surface area contributed by atoms with Crippen molar-refractivity contribution in [2.75, 3.05) is 18.2 Å². The summed E-state index contributed by atoms with van der Waals surface area (Å²) in [6, 6.07) is 19.0. The number of hydrogen-bond acceptors (Lipinski definition) is 6. The summed E-state index contributed by atoms with van der Waals surface area (Å²) in [5.74, 6) is -0.359. The van der Waals surface area contributed by atoms with Gasteiger partial charge in [-0.1, -0.05) is 29.8 Å². The lowest BCUT2D eigenvalue weighted by molar-refractivity contribution is -0.113. The van der Waals surface area contributed by atoms with Crippen molar-refractivity contribution in [2.24, 2.45) is 9.98 Å². The fourth-order valence-corrected chi connectivity index (χ4v) is 4.39. The van der Waals surface area contributed by atoms with Gasteiger partial charge < -0.3 is 10.1 Å². The molecule has 3 aromatic carbocycles. The molecular weight excluding hydrogens is 458 g/mol. The number of carbonyl (C=O) groups excluding carboxylic acids is 2. The molecule has 0 saturated carbocycles. The van der Waals surface area contributed by atoms with Crippen molar-refractivity contribution in [3.05, 3.63) is 88.5 Å². The lowest BCUT2D eigenvalue weighted by atomic mass is 10.1. The summed E-state index contributed by atoms with van der Waals surface area (Å²) in [4.78, 5) is 34.1. The van der Waals surface area contributed by atoms with Gasteiger partial charge in [-0.25, -0.2) is 9.79 Å². The highest BCUT2D eigenvalue weighted by Crippen LogP contribution is 2.36. The van der Waals surface area contributed by atoms with E-state index in [4.69, 9.17) is 14.7 Å². The van der Waals surface area contributed by atoms with Gasteiger partial charge in [0.1, 0.15) is 0 Å². The van der Waals surface area contributed by atoms with Gasteiger partial charge in [0.15, 0.2) is 0 Å². The molecule has 35 heavy (non-hydrogen) atoms. The standard InChI is InChI=1S/C28H27N3O3S/c1-17-5-7-20(8-6-17)23-15-27(31-25-14-19(3)18(2)13-24(25)30-23)35-16-26(32)29-22-11-9-21(10-12-22)28(33)34-4/h5-14H,15-16H2,1-4H3,(H,29,32). The number of rotatable bonds is 5. The summed E-state index contributed by atoms with van der Waals surface area (Å²) < 4.78 is 4.71. The summed E-state index contributed by atoms with van der Waals surface area (Å²) in [5, 5.41) is 3.70. The van der Waals surface area contributed by atoms with Crippen LogP contribution < -0.4 is 5.32 Å². The number of fused-ring (bicyclic) bond motifs is 1. The highest BCUT2D eigenvalue weighted by Gasteiger charge is 2.18. The summed E-state index contributed by atoms with van der Waals surface area (Å²) in [6.07, 6.45) is 0.543. The zero-order valence-corrected chi connectivity index (χ0v) is 21.0. The third kappa shape index (κ3) is 6.05. The molecule has 0 unspecified atom stereocenters. The van der Waals surface area contributed by atoms with Gasteiger partial charge in [0, 0.05) is 12.1 Å². The number of aliphatic imine (C=N–C) groups is 2. The number of aryl methyl sites for hydroxylation is 3. The first-order chi connectivity index (χ1) is 16.8. The smallest absolute Gasteiger partial charge is 0.337 e. The van der Waals surface area contributed by atoms with Crippen molar-refractivity contribution in [1.82, 2.24) is 0 Å². The summed E-state index contributed by atoms with van der Waals surface area (Å²) in [7, 11) is 1.33. The fourth-order valence-electron chi connectivity index (χ4n) is 3.62. The Labute approximate surface area is 209 Å². The van der Waals surface area contributed by atoms with Crippen LogP contribution in [0.3, 0.4) is 0 Å². The first kappa shape index (κ1) is 24.4. The van der Waals surface area contributed by atoms with Crippen LogP contribution in [0.2, 0.25) is 0 Å². The van der Waals surface area contributed by atoms with Crippen molar-refractivity contribution in [3.63, 3.8) is 0 Å². The number of nitrogens with zero attached hydrogens (tertiary/aromatic N) is 2. The summed E-state index contributed by atoms with van der Waals surface area (Å²) >= 11 is 1.41. The van der Waals surface area contributed by atoms with Crippen molar-refractivity contribution in [1.29, 1.82) is 0 Å². The van der Waals surface area contributed by atoms with E-state index >= 15 is 0 Å². The first-order valence-corrected chi connectivity index (χ1v) is 12.3. The first-order valence-electron chi connectivity index (χ1n) is 11.3. The number of hydrogen-bond donors (Lipinski definition) is 1. The minimum absolute atomic E-state index is 0.151. The number of carbonyl (C=O) groups is 2. The second kappa shape index (κ2) is 10.7. The largest absolute Gasteiger partial charge is 0.465 e. The minimum Gasteiger partial charge on any atom is -0.465 e. The van der Waals surface area contributed by atoms with E-state index in [1.807, 2.05) is 0 Å². The minimum atomic E-state index is -0.415. The fraction of sp³-hybridized carbons (Fsp3) is 0.214.